The lowest BCUT2D eigenvalue weighted by molar-refractivity contribution is -0.139. The minimum Gasteiger partial charge on any atom is -0.481 e. The number of hydrogen-bond donors (Lipinski definition) is 2. The van der Waals surface area contributed by atoms with Crippen LogP contribution in [0.1, 0.15) is 24.8 Å². The molecule has 0 aromatic heterocycles. The molecule has 0 saturated heterocycles. The maximum absolute atomic E-state index is 13.0. The van der Waals surface area contributed by atoms with Gasteiger partial charge in [0.2, 0.25) is 0 Å². The maximum Gasteiger partial charge on any atom is 0.310 e. The molecule has 0 spiro atoms. The van der Waals surface area contributed by atoms with Crippen molar-refractivity contribution < 1.29 is 19.4 Å². The lowest BCUT2D eigenvalue weighted by Crippen LogP contribution is -2.16. The molecule has 1 aromatic rings. The molecule has 1 aromatic carbocycles. The van der Waals surface area contributed by atoms with E-state index in [1.165, 1.54) is 18.2 Å². The Hall–Kier alpha value is -1.42. The van der Waals surface area contributed by atoms with Gasteiger partial charge in [0.15, 0.2) is 0 Å². The van der Waals surface area contributed by atoms with Crippen LogP contribution in [0, 0.1) is 11.7 Å². The molecule has 2 N–H and O–H groups in total. The summed E-state index contributed by atoms with van der Waals surface area (Å²) in [6.07, 6.45) is 0.301. The molecule has 0 bridgehead atoms. The topological polar surface area (TPSA) is 57.5 Å². The zero-order chi connectivity index (χ0) is 12.1. The average molecular weight is 226 g/mol. The molecule has 0 aliphatic heterocycles. The highest BCUT2D eigenvalue weighted by Gasteiger charge is 2.22. The van der Waals surface area contributed by atoms with Crippen LogP contribution in [0.3, 0.4) is 0 Å². The van der Waals surface area contributed by atoms with Gasteiger partial charge in [-0.2, -0.15) is 0 Å². The first-order valence-corrected chi connectivity index (χ1v) is 5.13. The third-order valence-electron chi connectivity index (χ3n) is 2.50. The Morgan fingerprint density at radius 2 is 2.19 bits per heavy atom. The molecule has 1 rings (SSSR count). The SMILES string of the molecule is CC(CO)CC(C(=O)O)c1cccc(F)c1. The Bertz CT molecular complexity index is 365. The number of carboxylic acids is 1. The largest absolute Gasteiger partial charge is 0.481 e. The van der Waals surface area contributed by atoms with Crippen LogP contribution in [0.2, 0.25) is 0 Å². The van der Waals surface area contributed by atoms with Crippen molar-refractivity contribution in [3.8, 4) is 0 Å². The molecular weight excluding hydrogens is 211 g/mol. The summed E-state index contributed by atoms with van der Waals surface area (Å²) in [7, 11) is 0. The minimum absolute atomic E-state index is 0.0703. The Balaban J connectivity index is 2.89. The third-order valence-corrected chi connectivity index (χ3v) is 2.50. The van der Waals surface area contributed by atoms with Gasteiger partial charge in [-0.1, -0.05) is 19.1 Å². The fraction of sp³-hybridized carbons (Fsp3) is 0.417. The van der Waals surface area contributed by atoms with E-state index < -0.39 is 17.7 Å². The van der Waals surface area contributed by atoms with Gasteiger partial charge in [0.05, 0.1) is 5.92 Å². The van der Waals surface area contributed by atoms with Crippen LogP contribution in [0.25, 0.3) is 0 Å². The summed E-state index contributed by atoms with van der Waals surface area (Å²) in [6.45, 7) is 1.69. The van der Waals surface area contributed by atoms with E-state index in [4.69, 9.17) is 10.2 Å². The van der Waals surface area contributed by atoms with Crippen LogP contribution in [0.15, 0.2) is 24.3 Å². The first-order valence-electron chi connectivity index (χ1n) is 5.13. The molecular formula is C12H15FO3. The van der Waals surface area contributed by atoms with Crippen LogP contribution < -0.4 is 0 Å². The summed E-state index contributed by atoms with van der Waals surface area (Å²) >= 11 is 0. The number of aliphatic hydroxyl groups is 1. The maximum atomic E-state index is 13.0. The highest BCUT2D eigenvalue weighted by molar-refractivity contribution is 5.76. The summed E-state index contributed by atoms with van der Waals surface area (Å²) in [6, 6.07) is 5.58. The molecule has 16 heavy (non-hydrogen) atoms. The first kappa shape index (κ1) is 12.6. The number of aliphatic hydroxyl groups excluding tert-OH is 1. The number of hydrogen-bond acceptors (Lipinski definition) is 2. The van der Waals surface area contributed by atoms with Gasteiger partial charge in [0.25, 0.3) is 0 Å². The van der Waals surface area contributed by atoms with E-state index in [1.54, 1.807) is 13.0 Å². The Kier molecular flexibility index (Phi) is 4.43. The van der Waals surface area contributed by atoms with Gasteiger partial charge in [0, 0.05) is 6.61 Å². The minimum atomic E-state index is -0.995. The van der Waals surface area contributed by atoms with Crippen LogP contribution in [0.5, 0.6) is 0 Å². The third kappa shape index (κ3) is 3.31. The van der Waals surface area contributed by atoms with Crippen molar-refractivity contribution in [2.24, 2.45) is 5.92 Å². The number of aliphatic carboxylic acids is 1. The molecule has 0 aliphatic rings. The zero-order valence-corrected chi connectivity index (χ0v) is 9.06. The quantitative estimate of drug-likeness (QED) is 0.807. The van der Waals surface area contributed by atoms with Gasteiger partial charge < -0.3 is 10.2 Å². The van der Waals surface area contributed by atoms with Crippen molar-refractivity contribution in [3.63, 3.8) is 0 Å². The number of benzene rings is 1. The van der Waals surface area contributed by atoms with E-state index in [9.17, 15) is 9.18 Å². The van der Waals surface area contributed by atoms with Gasteiger partial charge >= 0.3 is 5.97 Å². The van der Waals surface area contributed by atoms with Gasteiger partial charge in [-0.3, -0.25) is 4.79 Å². The second-order valence-electron chi connectivity index (χ2n) is 3.97. The van der Waals surface area contributed by atoms with Crippen LogP contribution in [0.4, 0.5) is 4.39 Å². The van der Waals surface area contributed by atoms with Gasteiger partial charge in [0.1, 0.15) is 5.82 Å². The molecule has 4 heteroatoms. The summed E-state index contributed by atoms with van der Waals surface area (Å²) < 4.78 is 13.0. The molecule has 0 saturated carbocycles. The summed E-state index contributed by atoms with van der Waals surface area (Å²) in [4.78, 5) is 11.1. The highest BCUT2D eigenvalue weighted by atomic mass is 19.1. The van der Waals surface area contributed by atoms with Crippen molar-refractivity contribution in [3.05, 3.63) is 35.6 Å². The smallest absolute Gasteiger partial charge is 0.310 e. The van der Waals surface area contributed by atoms with Crippen LogP contribution in [-0.2, 0) is 4.79 Å². The standard InChI is InChI=1S/C12H15FO3/c1-8(7-14)5-11(12(15)16)9-3-2-4-10(13)6-9/h2-4,6,8,11,14H,5,7H2,1H3,(H,15,16). The van der Waals surface area contributed by atoms with Gasteiger partial charge in [-0.05, 0) is 30.0 Å². The number of carboxylic acid groups (broad SMARTS) is 1. The zero-order valence-electron chi connectivity index (χ0n) is 9.06. The van der Waals surface area contributed by atoms with Crippen LogP contribution >= 0.6 is 0 Å². The van der Waals surface area contributed by atoms with Crippen molar-refractivity contribution in [1.82, 2.24) is 0 Å². The fourth-order valence-corrected chi connectivity index (χ4v) is 1.58. The van der Waals surface area contributed by atoms with Crippen LogP contribution in [-0.4, -0.2) is 22.8 Å². The van der Waals surface area contributed by atoms with Crippen molar-refractivity contribution in [1.29, 1.82) is 0 Å². The Labute approximate surface area is 93.5 Å². The monoisotopic (exact) mass is 226 g/mol. The molecule has 88 valence electrons. The molecule has 3 nitrogen and oxygen atoms in total. The summed E-state index contributed by atoms with van der Waals surface area (Å²) in [5.74, 6) is -2.33. The first-order chi connectivity index (χ1) is 7.54. The van der Waals surface area contributed by atoms with E-state index >= 15 is 0 Å². The lowest BCUT2D eigenvalue weighted by Gasteiger charge is -2.16. The van der Waals surface area contributed by atoms with Gasteiger partial charge in [-0.25, -0.2) is 4.39 Å². The predicted octanol–water partition coefficient (Wildman–Crippen LogP) is 2.01. The molecule has 0 amide bonds. The fourth-order valence-electron chi connectivity index (χ4n) is 1.58. The number of carbonyl (C=O) groups is 1. The molecule has 2 unspecified atom stereocenters. The second-order valence-corrected chi connectivity index (χ2v) is 3.97. The van der Waals surface area contributed by atoms with E-state index in [0.717, 1.165) is 0 Å². The summed E-state index contributed by atoms with van der Waals surface area (Å²) in [5.41, 5.74) is 0.438. The predicted molar refractivity (Wildman–Crippen MR) is 57.6 cm³/mol. The molecule has 0 aliphatic carbocycles. The molecule has 0 fully saturated rings. The average Bonchev–Trinajstić information content (AvgIpc) is 2.25. The highest BCUT2D eigenvalue weighted by Crippen LogP contribution is 2.24. The lowest BCUT2D eigenvalue weighted by atomic mass is 9.90. The van der Waals surface area contributed by atoms with Crippen molar-refractivity contribution >= 4 is 5.97 Å². The molecule has 0 heterocycles. The van der Waals surface area contributed by atoms with E-state index in [1.807, 2.05) is 0 Å². The Morgan fingerprint density at radius 3 is 2.69 bits per heavy atom. The second kappa shape index (κ2) is 5.61. The van der Waals surface area contributed by atoms with Crippen molar-refractivity contribution in [2.75, 3.05) is 6.61 Å². The van der Waals surface area contributed by atoms with E-state index in [-0.39, 0.29) is 12.5 Å². The Morgan fingerprint density at radius 1 is 1.50 bits per heavy atom. The summed E-state index contributed by atoms with van der Waals surface area (Å²) in [5, 5.41) is 18.0. The van der Waals surface area contributed by atoms with Gasteiger partial charge in [-0.15, -0.1) is 0 Å². The molecule has 0 radical (unpaired) electrons. The van der Waals surface area contributed by atoms with E-state index in [0.29, 0.717) is 12.0 Å². The number of halogens is 1. The normalized spacial score (nSPS) is 14.4. The van der Waals surface area contributed by atoms with Crippen molar-refractivity contribution in [2.45, 2.75) is 19.3 Å². The number of rotatable bonds is 5. The van der Waals surface area contributed by atoms with E-state index in [2.05, 4.69) is 0 Å². The molecule has 2 atom stereocenters.